The van der Waals surface area contributed by atoms with Crippen molar-refractivity contribution < 1.29 is 4.39 Å². The Bertz CT molecular complexity index is 831. The minimum Gasteiger partial charge on any atom is -0.348 e. The van der Waals surface area contributed by atoms with Crippen LogP contribution >= 0.6 is 11.6 Å². The van der Waals surface area contributed by atoms with E-state index >= 15 is 0 Å². The fraction of sp³-hybridized carbons (Fsp3) is 0.176. The number of nitrogens with zero attached hydrogens (tertiary/aromatic N) is 3. The van der Waals surface area contributed by atoms with Crippen molar-refractivity contribution in [3.8, 4) is 0 Å². The summed E-state index contributed by atoms with van der Waals surface area (Å²) in [6.07, 6.45) is 2.26. The number of nitrogens with one attached hydrogen (secondary N) is 1. The number of hydrogen-bond acceptors (Lipinski definition) is 3. The van der Waals surface area contributed by atoms with Gasteiger partial charge in [-0.15, -0.1) is 0 Å². The molecule has 116 valence electrons. The van der Waals surface area contributed by atoms with Crippen LogP contribution in [0.5, 0.6) is 0 Å². The summed E-state index contributed by atoms with van der Waals surface area (Å²) in [5.41, 5.74) is 2.00. The van der Waals surface area contributed by atoms with Crippen LogP contribution in [0.15, 0.2) is 54.9 Å². The Hall–Kier alpha value is -2.40. The SMILES string of the molecule is Fc1cccc([C@H]2C[C@H](c3ccc(Cl)cc3)Nc3ncnn32)c1. The molecule has 0 amide bonds. The van der Waals surface area contributed by atoms with Crippen LogP contribution in [0.4, 0.5) is 10.3 Å². The van der Waals surface area contributed by atoms with Gasteiger partial charge in [-0.25, -0.2) is 9.07 Å². The predicted octanol–water partition coefficient (Wildman–Crippen LogP) is 4.22. The number of benzene rings is 2. The maximum absolute atomic E-state index is 13.6. The second-order valence-corrected chi connectivity index (χ2v) is 6.02. The molecule has 0 radical (unpaired) electrons. The minimum atomic E-state index is -0.245. The zero-order valence-electron chi connectivity index (χ0n) is 12.2. The number of aromatic nitrogens is 3. The molecule has 1 aliphatic heterocycles. The maximum Gasteiger partial charge on any atom is 0.222 e. The molecule has 0 saturated heterocycles. The van der Waals surface area contributed by atoms with Crippen molar-refractivity contribution in [1.29, 1.82) is 0 Å². The average Bonchev–Trinajstić information content (AvgIpc) is 3.03. The van der Waals surface area contributed by atoms with Crippen LogP contribution in [0.1, 0.15) is 29.6 Å². The van der Waals surface area contributed by atoms with Gasteiger partial charge in [0.25, 0.3) is 0 Å². The highest BCUT2D eigenvalue weighted by molar-refractivity contribution is 6.30. The zero-order chi connectivity index (χ0) is 15.8. The fourth-order valence-electron chi connectivity index (χ4n) is 3.02. The lowest BCUT2D eigenvalue weighted by Gasteiger charge is -2.31. The number of hydrogen-bond donors (Lipinski definition) is 1. The van der Waals surface area contributed by atoms with E-state index in [1.54, 1.807) is 16.8 Å². The van der Waals surface area contributed by atoms with E-state index in [9.17, 15) is 4.39 Å². The second-order valence-electron chi connectivity index (χ2n) is 5.58. The molecule has 23 heavy (non-hydrogen) atoms. The van der Waals surface area contributed by atoms with Crippen molar-refractivity contribution >= 4 is 17.5 Å². The number of halogens is 2. The first-order chi connectivity index (χ1) is 11.2. The summed E-state index contributed by atoms with van der Waals surface area (Å²) >= 11 is 5.97. The summed E-state index contributed by atoms with van der Waals surface area (Å²) < 4.78 is 15.4. The molecule has 0 bridgehead atoms. The molecule has 3 aromatic rings. The van der Waals surface area contributed by atoms with Crippen LogP contribution in [0.25, 0.3) is 0 Å². The van der Waals surface area contributed by atoms with Crippen LogP contribution in [0.2, 0.25) is 5.02 Å². The smallest absolute Gasteiger partial charge is 0.222 e. The van der Waals surface area contributed by atoms with Gasteiger partial charge in [-0.05, 0) is 41.8 Å². The Labute approximate surface area is 137 Å². The molecule has 0 saturated carbocycles. The van der Waals surface area contributed by atoms with E-state index in [-0.39, 0.29) is 17.9 Å². The van der Waals surface area contributed by atoms with Crippen LogP contribution in [-0.4, -0.2) is 14.8 Å². The van der Waals surface area contributed by atoms with Gasteiger partial charge >= 0.3 is 0 Å². The van der Waals surface area contributed by atoms with Crippen molar-refractivity contribution in [2.45, 2.75) is 18.5 Å². The Morgan fingerprint density at radius 3 is 2.74 bits per heavy atom. The molecule has 4 nitrogen and oxygen atoms in total. The first-order valence-corrected chi connectivity index (χ1v) is 7.75. The normalized spacial score (nSPS) is 19.9. The van der Waals surface area contributed by atoms with Crippen molar-refractivity contribution in [2.75, 3.05) is 5.32 Å². The molecule has 2 aromatic carbocycles. The van der Waals surface area contributed by atoms with E-state index < -0.39 is 0 Å². The van der Waals surface area contributed by atoms with Crippen molar-refractivity contribution in [2.24, 2.45) is 0 Å². The van der Waals surface area contributed by atoms with E-state index in [2.05, 4.69) is 15.4 Å². The third-order valence-electron chi connectivity index (χ3n) is 4.14. The van der Waals surface area contributed by atoms with Gasteiger partial charge in [0.2, 0.25) is 5.95 Å². The lowest BCUT2D eigenvalue weighted by molar-refractivity contribution is 0.429. The summed E-state index contributed by atoms with van der Waals surface area (Å²) in [6.45, 7) is 0. The number of fused-ring (bicyclic) bond motifs is 1. The van der Waals surface area contributed by atoms with E-state index in [0.717, 1.165) is 17.5 Å². The first kappa shape index (κ1) is 14.2. The molecule has 0 fully saturated rings. The van der Waals surface area contributed by atoms with Crippen LogP contribution < -0.4 is 5.32 Å². The van der Waals surface area contributed by atoms with Gasteiger partial charge in [0.1, 0.15) is 12.1 Å². The van der Waals surface area contributed by atoms with Gasteiger partial charge in [0.15, 0.2) is 0 Å². The Balaban J connectivity index is 1.73. The molecule has 1 aliphatic rings. The molecule has 2 heterocycles. The number of anilines is 1. The highest BCUT2D eigenvalue weighted by Gasteiger charge is 2.29. The van der Waals surface area contributed by atoms with Crippen molar-refractivity contribution in [3.63, 3.8) is 0 Å². The molecule has 4 rings (SSSR count). The third-order valence-corrected chi connectivity index (χ3v) is 4.39. The Morgan fingerprint density at radius 2 is 1.96 bits per heavy atom. The molecular weight excluding hydrogens is 315 g/mol. The zero-order valence-corrected chi connectivity index (χ0v) is 12.9. The molecule has 1 N–H and O–H groups in total. The first-order valence-electron chi connectivity index (χ1n) is 7.38. The summed E-state index contributed by atoms with van der Waals surface area (Å²) in [5, 5.41) is 8.37. The van der Waals surface area contributed by atoms with Gasteiger partial charge in [-0.1, -0.05) is 35.9 Å². The predicted molar refractivity (Wildman–Crippen MR) is 87.0 cm³/mol. The lowest BCUT2D eigenvalue weighted by Crippen LogP contribution is -2.28. The Morgan fingerprint density at radius 1 is 1.13 bits per heavy atom. The minimum absolute atomic E-state index is 0.0647. The molecule has 0 aliphatic carbocycles. The van der Waals surface area contributed by atoms with Crippen molar-refractivity contribution in [1.82, 2.24) is 14.8 Å². The molecule has 0 unspecified atom stereocenters. The summed E-state index contributed by atoms with van der Waals surface area (Å²) in [7, 11) is 0. The van der Waals surface area contributed by atoms with Crippen LogP contribution in [-0.2, 0) is 0 Å². The highest BCUT2D eigenvalue weighted by Crippen LogP contribution is 2.37. The topological polar surface area (TPSA) is 42.7 Å². The maximum atomic E-state index is 13.6. The average molecular weight is 329 g/mol. The Kier molecular flexibility index (Phi) is 3.50. The molecule has 1 aromatic heterocycles. The summed E-state index contributed by atoms with van der Waals surface area (Å²) in [4.78, 5) is 4.27. The standard InChI is InChI=1S/C17H14ClFN4/c18-13-6-4-11(5-7-13)15-9-16(12-2-1-3-14(19)8-12)23-17(22-15)20-10-21-23/h1-8,10,15-16H,9H2,(H,20,21,22)/t15-,16-/m1/s1. The van der Waals surface area contributed by atoms with Crippen LogP contribution in [0.3, 0.4) is 0 Å². The van der Waals surface area contributed by atoms with Crippen LogP contribution in [0, 0.1) is 5.82 Å². The van der Waals surface area contributed by atoms with E-state index in [1.807, 2.05) is 30.3 Å². The third kappa shape index (κ3) is 2.68. The fourth-order valence-corrected chi connectivity index (χ4v) is 3.15. The highest BCUT2D eigenvalue weighted by atomic mass is 35.5. The lowest BCUT2D eigenvalue weighted by atomic mass is 9.93. The second kappa shape index (κ2) is 5.66. The monoisotopic (exact) mass is 328 g/mol. The number of rotatable bonds is 2. The van der Waals surface area contributed by atoms with Gasteiger partial charge in [0, 0.05) is 5.02 Å². The van der Waals surface area contributed by atoms with Gasteiger partial charge < -0.3 is 5.32 Å². The van der Waals surface area contributed by atoms with Crippen molar-refractivity contribution in [3.05, 3.63) is 76.8 Å². The van der Waals surface area contributed by atoms with Gasteiger partial charge in [-0.3, -0.25) is 0 Å². The summed E-state index contributed by atoms with van der Waals surface area (Å²) in [6, 6.07) is 14.4. The molecule has 0 spiro atoms. The molecule has 6 heteroatoms. The largest absolute Gasteiger partial charge is 0.348 e. The quantitative estimate of drug-likeness (QED) is 0.766. The summed E-state index contributed by atoms with van der Waals surface area (Å²) in [5.74, 6) is 0.441. The molecular formula is C17H14ClFN4. The molecule has 2 atom stereocenters. The van der Waals surface area contributed by atoms with E-state index in [4.69, 9.17) is 11.6 Å². The van der Waals surface area contributed by atoms with E-state index in [1.165, 1.54) is 12.4 Å². The van der Waals surface area contributed by atoms with E-state index in [0.29, 0.717) is 11.0 Å². The van der Waals surface area contributed by atoms with Gasteiger partial charge in [0.05, 0.1) is 12.1 Å². The van der Waals surface area contributed by atoms with Gasteiger partial charge in [-0.2, -0.15) is 10.1 Å².